The van der Waals surface area contributed by atoms with Gasteiger partial charge in [-0.3, -0.25) is 4.79 Å². The molecule has 1 aliphatic heterocycles. The molecule has 0 spiro atoms. The fourth-order valence-electron chi connectivity index (χ4n) is 3.77. The number of hydrogen-bond acceptors (Lipinski definition) is 4. The van der Waals surface area contributed by atoms with Gasteiger partial charge in [0.05, 0.1) is 10.3 Å². The van der Waals surface area contributed by atoms with Crippen molar-refractivity contribution in [2.75, 3.05) is 32.7 Å². The van der Waals surface area contributed by atoms with E-state index >= 15 is 0 Å². The maximum Gasteiger partial charge on any atom is 0.243 e. The smallest absolute Gasteiger partial charge is 0.243 e. The van der Waals surface area contributed by atoms with Crippen LogP contribution in [0.1, 0.15) is 25.7 Å². The first-order valence-electron chi connectivity index (χ1n) is 8.54. The monoisotopic (exact) mass is 387 g/mol. The summed E-state index contributed by atoms with van der Waals surface area (Å²) in [6.07, 6.45) is 3.80. The predicted octanol–water partition coefficient (Wildman–Crippen LogP) is 1.46. The van der Waals surface area contributed by atoms with E-state index in [1.807, 2.05) is 0 Å². The molecule has 1 saturated carbocycles. The molecule has 3 rings (SSSR count). The molecule has 2 N–H and O–H groups in total. The van der Waals surface area contributed by atoms with Crippen molar-refractivity contribution in [3.05, 3.63) is 30.3 Å². The second-order valence-corrected chi connectivity index (χ2v) is 8.64. The third-order valence-corrected chi connectivity index (χ3v) is 7.22. The Labute approximate surface area is 155 Å². The number of amides is 1. The third kappa shape index (κ3) is 3.84. The van der Waals surface area contributed by atoms with Gasteiger partial charge in [-0.2, -0.15) is 4.31 Å². The summed E-state index contributed by atoms with van der Waals surface area (Å²) in [5.41, 5.74) is 5.48. The first-order valence-corrected chi connectivity index (χ1v) is 9.98. The van der Waals surface area contributed by atoms with E-state index in [0.29, 0.717) is 37.6 Å². The minimum absolute atomic E-state index is 0. The number of nitrogens with two attached hydrogens (primary N) is 1. The molecule has 0 atom stereocenters. The molecule has 0 bridgehead atoms. The van der Waals surface area contributed by atoms with E-state index < -0.39 is 15.4 Å². The topological polar surface area (TPSA) is 83.7 Å². The van der Waals surface area contributed by atoms with Crippen LogP contribution >= 0.6 is 12.4 Å². The summed E-state index contributed by atoms with van der Waals surface area (Å²) in [6.45, 7) is 1.93. The molecule has 0 unspecified atom stereocenters. The van der Waals surface area contributed by atoms with Crippen LogP contribution in [0.4, 0.5) is 0 Å². The fourth-order valence-corrected chi connectivity index (χ4v) is 5.21. The van der Waals surface area contributed by atoms with E-state index in [9.17, 15) is 13.2 Å². The molecular weight excluding hydrogens is 362 g/mol. The van der Waals surface area contributed by atoms with Crippen molar-refractivity contribution in [1.29, 1.82) is 0 Å². The Morgan fingerprint density at radius 2 is 1.60 bits per heavy atom. The molecule has 1 heterocycles. The van der Waals surface area contributed by atoms with Gasteiger partial charge in [0, 0.05) is 32.7 Å². The van der Waals surface area contributed by atoms with E-state index in [4.69, 9.17) is 5.73 Å². The number of hydrogen-bond donors (Lipinski definition) is 1. The molecule has 25 heavy (non-hydrogen) atoms. The number of rotatable bonds is 4. The average Bonchev–Trinajstić information content (AvgIpc) is 3.12. The molecule has 1 saturated heterocycles. The Bertz CT molecular complexity index is 682. The molecule has 0 aromatic heterocycles. The number of halogens is 1. The Hall–Kier alpha value is -1.15. The molecule has 2 fully saturated rings. The molecule has 8 heteroatoms. The molecule has 1 aliphatic carbocycles. The number of benzene rings is 1. The van der Waals surface area contributed by atoms with Crippen molar-refractivity contribution in [2.24, 2.45) is 11.1 Å². The van der Waals surface area contributed by atoms with Crippen LogP contribution in [-0.4, -0.2) is 56.3 Å². The SMILES string of the molecule is Cl.NCC1(C(=O)N2CCN(S(=O)(=O)c3ccccc3)CC2)CCCC1. The number of piperazine rings is 1. The minimum atomic E-state index is -3.48. The maximum absolute atomic E-state index is 12.9. The molecule has 1 amide bonds. The number of nitrogens with zero attached hydrogens (tertiary/aromatic N) is 2. The number of sulfonamides is 1. The summed E-state index contributed by atoms with van der Waals surface area (Å²) in [6, 6.07) is 8.45. The van der Waals surface area contributed by atoms with Crippen LogP contribution in [0, 0.1) is 5.41 Å². The third-order valence-electron chi connectivity index (χ3n) is 5.31. The second kappa shape index (κ2) is 8.03. The van der Waals surface area contributed by atoms with E-state index in [-0.39, 0.29) is 18.3 Å². The van der Waals surface area contributed by atoms with E-state index in [0.717, 1.165) is 25.7 Å². The van der Waals surface area contributed by atoms with Gasteiger partial charge in [-0.25, -0.2) is 8.42 Å². The zero-order chi connectivity index (χ0) is 17.2. The zero-order valence-electron chi connectivity index (χ0n) is 14.3. The highest BCUT2D eigenvalue weighted by molar-refractivity contribution is 7.89. The van der Waals surface area contributed by atoms with Crippen LogP contribution in [0.25, 0.3) is 0 Å². The summed E-state index contributed by atoms with van der Waals surface area (Å²) in [7, 11) is -3.48. The average molecular weight is 388 g/mol. The summed E-state index contributed by atoms with van der Waals surface area (Å²) >= 11 is 0. The Balaban J connectivity index is 0.00000225. The van der Waals surface area contributed by atoms with Crippen molar-refractivity contribution in [2.45, 2.75) is 30.6 Å². The second-order valence-electron chi connectivity index (χ2n) is 6.70. The number of carbonyl (C=O) groups is 1. The Morgan fingerprint density at radius 3 is 2.12 bits per heavy atom. The van der Waals surface area contributed by atoms with Crippen LogP contribution in [0.5, 0.6) is 0 Å². The van der Waals surface area contributed by atoms with Crippen molar-refractivity contribution >= 4 is 28.3 Å². The quantitative estimate of drug-likeness (QED) is 0.847. The van der Waals surface area contributed by atoms with Crippen molar-refractivity contribution in [3.8, 4) is 0 Å². The standard InChI is InChI=1S/C17H25N3O3S.ClH/c18-14-17(8-4-5-9-17)16(21)19-10-12-20(13-11-19)24(22,23)15-6-2-1-3-7-15;/h1-3,6-7H,4-5,8-14,18H2;1H. The summed E-state index contributed by atoms with van der Waals surface area (Å²) in [5.74, 6) is 0.110. The van der Waals surface area contributed by atoms with E-state index in [1.165, 1.54) is 4.31 Å². The molecule has 2 aliphatic rings. The van der Waals surface area contributed by atoms with Gasteiger partial charge in [0.1, 0.15) is 0 Å². The highest BCUT2D eigenvalue weighted by atomic mass is 35.5. The summed E-state index contributed by atoms with van der Waals surface area (Å²) in [5, 5.41) is 0. The number of carbonyl (C=O) groups excluding carboxylic acids is 1. The van der Waals surface area contributed by atoms with Gasteiger partial charge in [-0.1, -0.05) is 31.0 Å². The largest absolute Gasteiger partial charge is 0.340 e. The maximum atomic E-state index is 12.9. The molecule has 1 aromatic carbocycles. The lowest BCUT2D eigenvalue weighted by atomic mass is 9.84. The van der Waals surface area contributed by atoms with Gasteiger partial charge in [-0.05, 0) is 25.0 Å². The Morgan fingerprint density at radius 1 is 1.04 bits per heavy atom. The minimum Gasteiger partial charge on any atom is -0.340 e. The highest BCUT2D eigenvalue weighted by Crippen LogP contribution is 2.39. The summed E-state index contributed by atoms with van der Waals surface area (Å²) < 4.78 is 26.8. The van der Waals surface area contributed by atoms with Gasteiger partial charge >= 0.3 is 0 Å². The molecule has 140 valence electrons. The lowest BCUT2D eigenvalue weighted by Crippen LogP contribution is -2.55. The van der Waals surface area contributed by atoms with Gasteiger partial charge in [0.15, 0.2) is 0 Å². The fraction of sp³-hybridized carbons (Fsp3) is 0.588. The van der Waals surface area contributed by atoms with Crippen LogP contribution < -0.4 is 5.73 Å². The normalized spacial score (nSPS) is 20.9. The van der Waals surface area contributed by atoms with Crippen molar-refractivity contribution in [1.82, 2.24) is 9.21 Å². The Kier molecular flexibility index (Phi) is 6.48. The van der Waals surface area contributed by atoms with Gasteiger partial charge in [0.25, 0.3) is 0 Å². The van der Waals surface area contributed by atoms with Crippen LogP contribution in [0.3, 0.4) is 0 Å². The van der Waals surface area contributed by atoms with Crippen LogP contribution in [-0.2, 0) is 14.8 Å². The lowest BCUT2D eigenvalue weighted by Gasteiger charge is -2.39. The van der Waals surface area contributed by atoms with Crippen molar-refractivity contribution < 1.29 is 13.2 Å². The van der Waals surface area contributed by atoms with Crippen LogP contribution in [0.15, 0.2) is 35.2 Å². The van der Waals surface area contributed by atoms with Gasteiger partial charge < -0.3 is 10.6 Å². The summed E-state index contributed by atoms with van der Waals surface area (Å²) in [4.78, 5) is 15.0. The van der Waals surface area contributed by atoms with Crippen LogP contribution in [0.2, 0.25) is 0 Å². The molecule has 6 nitrogen and oxygen atoms in total. The highest BCUT2D eigenvalue weighted by Gasteiger charge is 2.43. The van der Waals surface area contributed by atoms with E-state index in [1.54, 1.807) is 35.2 Å². The molecule has 0 radical (unpaired) electrons. The lowest BCUT2D eigenvalue weighted by molar-refractivity contribution is -0.142. The van der Waals surface area contributed by atoms with Gasteiger partial charge in [0.2, 0.25) is 15.9 Å². The molecular formula is C17H26ClN3O3S. The first kappa shape index (κ1) is 20.2. The molecule has 1 aromatic rings. The zero-order valence-corrected chi connectivity index (χ0v) is 15.9. The first-order chi connectivity index (χ1) is 11.5. The van der Waals surface area contributed by atoms with Gasteiger partial charge in [-0.15, -0.1) is 12.4 Å². The van der Waals surface area contributed by atoms with E-state index in [2.05, 4.69) is 0 Å². The van der Waals surface area contributed by atoms with Crippen molar-refractivity contribution in [3.63, 3.8) is 0 Å². The predicted molar refractivity (Wildman–Crippen MR) is 99.0 cm³/mol.